The SMILES string of the molecule is Cc1ccc(-n2nnnc2SCCOc2ccc(C#N)cc2)c(C)c1. The van der Waals surface area contributed by atoms with E-state index in [-0.39, 0.29) is 0 Å². The van der Waals surface area contributed by atoms with Crippen LogP contribution in [0.25, 0.3) is 5.69 Å². The van der Waals surface area contributed by atoms with Crippen LogP contribution in [0, 0.1) is 25.2 Å². The summed E-state index contributed by atoms with van der Waals surface area (Å²) in [4.78, 5) is 0. The van der Waals surface area contributed by atoms with E-state index in [9.17, 15) is 0 Å². The van der Waals surface area contributed by atoms with Crippen LogP contribution >= 0.6 is 11.8 Å². The highest BCUT2D eigenvalue weighted by Crippen LogP contribution is 2.21. The molecule has 0 amide bonds. The van der Waals surface area contributed by atoms with Gasteiger partial charge in [0.25, 0.3) is 0 Å². The predicted octanol–water partition coefficient (Wildman–Crippen LogP) is 3.32. The third-order valence-electron chi connectivity index (χ3n) is 3.59. The molecule has 7 heteroatoms. The Balaban J connectivity index is 1.59. The van der Waals surface area contributed by atoms with Gasteiger partial charge in [-0.05, 0) is 60.2 Å². The first-order valence-corrected chi connectivity index (χ1v) is 8.78. The van der Waals surface area contributed by atoms with Gasteiger partial charge in [0.15, 0.2) is 0 Å². The normalized spacial score (nSPS) is 10.4. The Labute approximate surface area is 150 Å². The second kappa shape index (κ2) is 7.81. The number of aryl methyl sites for hydroxylation is 2. The molecule has 3 rings (SSSR count). The average Bonchev–Trinajstić information content (AvgIpc) is 3.07. The van der Waals surface area contributed by atoms with Crippen LogP contribution in [0.1, 0.15) is 16.7 Å². The lowest BCUT2D eigenvalue weighted by Gasteiger charge is -2.09. The molecule has 25 heavy (non-hydrogen) atoms. The molecule has 0 aliphatic rings. The number of ether oxygens (including phenoxy) is 1. The third kappa shape index (κ3) is 4.17. The minimum absolute atomic E-state index is 0.524. The summed E-state index contributed by atoms with van der Waals surface area (Å²) >= 11 is 1.54. The van der Waals surface area contributed by atoms with E-state index in [2.05, 4.69) is 34.6 Å². The Bertz CT molecular complexity index is 899. The minimum Gasteiger partial charge on any atom is -0.493 e. The van der Waals surface area contributed by atoms with E-state index in [1.807, 2.05) is 19.1 Å². The molecule has 0 fully saturated rings. The smallest absolute Gasteiger partial charge is 0.214 e. The maximum atomic E-state index is 8.79. The number of thioether (sulfide) groups is 1. The van der Waals surface area contributed by atoms with Gasteiger partial charge in [-0.3, -0.25) is 0 Å². The minimum atomic E-state index is 0.524. The van der Waals surface area contributed by atoms with Crippen molar-refractivity contribution in [3.63, 3.8) is 0 Å². The van der Waals surface area contributed by atoms with Crippen molar-refractivity contribution in [2.45, 2.75) is 19.0 Å². The van der Waals surface area contributed by atoms with Crippen LogP contribution in [0.4, 0.5) is 0 Å². The van der Waals surface area contributed by atoms with Gasteiger partial charge in [-0.25, -0.2) is 0 Å². The van der Waals surface area contributed by atoms with Gasteiger partial charge in [0.05, 0.1) is 23.9 Å². The monoisotopic (exact) mass is 351 g/mol. The lowest BCUT2D eigenvalue weighted by atomic mass is 10.1. The van der Waals surface area contributed by atoms with Crippen molar-refractivity contribution in [2.75, 3.05) is 12.4 Å². The molecule has 0 aliphatic carbocycles. The van der Waals surface area contributed by atoms with E-state index in [0.717, 1.165) is 22.2 Å². The summed E-state index contributed by atoms with van der Waals surface area (Å²) in [5.41, 5.74) is 3.93. The van der Waals surface area contributed by atoms with Crippen LogP contribution in [-0.2, 0) is 0 Å². The van der Waals surface area contributed by atoms with Crippen molar-refractivity contribution < 1.29 is 4.74 Å². The third-order valence-corrected chi connectivity index (χ3v) is 4.47. The van der Waals surface area contributed by atoms with E-state index in [0.29, 0.717) is 17.9 Å². The molecule has 0 bridgehead atoms. The number of nitriles is 1. The molecule has 0 N–H and O–H groups in total. The summed E-state index contributed by atoms with van der Waals surface area (Å²) in [6.07, 6.45) is 0. The lowest BCUT2D eigenvalue weighted by Crippen LogP contribution is -2.04. The average molecular weight is 351 g/mol. The van der Waals surface area contributed by atoms with E-state index < -0.39 is 0 Å². The van der Waals surface area contributed by atoms with E-state index >= 15 is 0 Å². The highest BCUT2D eigenvalue weighted by Gasteiger charge is 2.11. The Hall–Kier alpha value is -2.85. The summed E-state index contributed by atoms with van der Waals surface area (Å²) in [7, 11) is 0. The summed E-state index contributed by atoms with van der Waals surface area (Å²) in [6, 6.07) is 15.3. The first kappa shape index (κ1) is 17.0. The largest absolute Gasteiger partial charge is 0.493 e. The molecule has 0 spiro atoms. The molecule has 1 heterocycles. The molecule has 126 valence electrons. The second-order valence-corrected chi connectivity index (χ2v) is 6.56. The van der Waals surface area contributed by atoms with E-state index in [4.69, 9.17) is 10.00 Å². The first-order valence-electron chi connectivity index (χ1n) is 7.79. The highest BCUT2D eigenvalue weighted by atomic mass is 32.2. The molecular weight excluding hydrogens is 334 g/mol. The molecule has 1 aromatic heterocycles. The van der Waals surface area contributed by atoms with Gasteiger partial charge in [0.1, 0.15) is 5.75 Å². The van der Waals surface area contributed by atoms with Crippen LogP contribution in [0.5, 0.6) is 5.75 Å². The van der Waals surface area contributed by atoms with Gasteiger partial charge in [-0.1, -0.05) is 29.5 Å². The van der Waals surface area contributed by atoms with Gasteiger partial charge >= 0.3 is 0 Å². The molecule has 0 atom stereocenters. The Morgan fingerprint density at radius 1 is 1.16 bits per heavy atom. The summed E-state index contributed by atoms with van der Waals surface area (Å²) in [5.74, 6) is 1.46. The van der Waals surface area contributed by atoms with Crippen LogP contribution in [0.15, 0.2) is 47.6 Å². The molecule has 2 aromatic carbocycles. The standard InChI is InChI=1S/C18H17N5OS/c1-13-3-8-17(14(2)11-13)23-18(20-21-22-23)25-10-9-24-16-6-4-15(12-19)5-7-16/h3-8,11H,9-10H2,1-2H3. The number of tetrazole rings is 1. The van der Waals surface area contributed by atoms with Crippen LogP contribution in [0.3, 0.4) is 0 Å². The highest BCUT2D eigenvalue weighted by molar-refractivity contribution is 7.99. The van der Waals surface area contributed by atoms with Gasteiger partial charge in [0, 0.05) is 5.75 Å². The predicted molar refractivity (Wildman–Crippen MR) is 96.0 cm³/mol. The zero-order valence-electron chi connectivity index (χ0n) is 14.0. The van der Waals surface area contributed by atoms with E-state index in [1.165, 1.54) is 17.3 Å². The molecule has 6 nitrogen and oxygen atoms in total. The molecule has 0 radical (unpaired) electrons. The second-order valence-electron chi connectivity index (χ2n) is 5.50. The van der Waals surface area contributed by atoms with Gasteiger partial charge in [-0.15, -0.1) is 5.10 Å². The van der Waals surface area contributed by atoms with E-state index in [1.54, 1.807) is 28.9 Å². The Kier molecular flexibility index (Phi) is 5.31. The van der Waals surface area contributed by atoms with Crippen molar-refractivity contribution in [1.29, 1.82) is 5.26 Å². The van der Waals surface area contributed by atoms with Crippen molar-refractivity contribution in [2.24, 2.45) is 0 Å². The topological polar surface area (TPSA) is 76.6 Å². The quantitative estimate of drug-likeness (QED) is 0.501. The van der Waals surface area contributed by atoms with Crippen LogP contribution in [0.2, 0.25) is 0 Å². The van der Waals surface area contributed by atoms with Crippen molar-refractivity contribution >= 4 is 11.8 Å². The fourth-order valence-corrected chi connectivity index (χ4v) is 3.08. The molecule has 3 aromatic rings. The maximum Gasteiger partial charge on any atom is 0.214 e. The summed E-state index contributed by atoms with van der Waals surface area (Å²) in [5, 5.41) is 21.5. The Morgan fingerprint density at radius 3 is 2.68 bits per heavy atom. The van der Waals surface area contributed by atoms with Crippen LogP contribution in [-0.4, -0.2) is 32.6 Å². The van der Waals surface area contributed by atoms with Gasteiger partial charge in [-0.2, -0.15) is 9.94 Å². The number of benzene rings is 2. The van der Waals surface area contributed by atoms with Crippen molar-refractivity contribution in [3.8, 4) is 17.5 Å². The zero-order valence-corrected chi connectivity index (χ0v) is 14.8. The molecule has 0 saturated heterocycles. The number of hydrogen-bond donors (Lipinski definition) is 0. The summed E-state index contributed by atoms with van der Waals surface area (Å²) in [6.45, 7) is 4.63. The number of aromatic nitrogens is 4. The molecule has 0 unspecified atom stereocenters. The van der Waals surface area contributed by atoms with Crippen molar-refractivity contribution in [3.05, 3.63) is 59.2 Å². The number of hydrogen-bond acceptors (Lipinski definition) is 6. The number of nitrogens with zero attached hydrogens (tertiary/aromatic N) is 5. The molecule has 0 saturated carbocycles. The maximum absolute atomic E-state index is 8.79. The molecular formula is C18H17N5OS. The fourth-order valence-electron chi connectivity index (χ4n) is 2.38. The summed E-state index contributed by atoms with van der Waals surface area (Å²) < 4.78 is 7.43. The zero-order chi connectivity index (χ0) is 17.6. The van der Waals surface area contributed by atoms with Gasteiger partial charge < -0.3 is 4.74 Å². The lowest BCUT2D eigenvalue weighted by molar-refractivity contribution is 0.344. The van der Waals surface area contributed by atoms with Gasteiger partial charge in [0.2, 0.25) is 5.16 Å². The first-order chi connectivity index (χ1) is 12.2. The fraction of sp³-hybridized carbons (Fsp3) is 0.222. The number of rotatable bonds is 6. The Morgan fingerprint density at radius 2 is 1.96 bits per heavy atom. The van der Waals surface area contributed by atoms with Crippen LogP contribution < -0.4 is 4.74 Å². The van der Waals surface area contributed by atoms with Crippen molar-refractivity contribution in [1.82, 2.24) is 20.2 Å². The molecule has 0 aliphatic heterocycles.